The molecular weight excluding hydrogens is 506 g/mol. The van der Waals surface area contributed by atoms with Gasteiger partial charge in [-0.1, -0.05) is 30.3 Å². The highest BCUT2D eigenvalue weighted by atomic mass is 127. The second kappa shape index (κ2) is 11.1. The Labute approximate surface area is 201 Å². The standard InChI is InChI=1S/C24H31FN4O.HI/c1-2-26-24(29-12-9-19-5-3-4-6-20(19)17-29)27-16-18-7-8-23(22(25)15-18)28-13-10-21(30)11-14-28;/h3-8,15,21,30H,2,9-14,16-17H2,1H3,(H,26,27);1H. The minimum atomic E-state index is -0.260. The lowest BCUT2D eigenvalue weighted by molar-refractivity contribution is 0.145. The minimum Gasteiger partial charge on any atom is -0.393 e. The van der Waals surface area contributed by atoms with Crippen LogP contribution in [-0.2, 0) is 19.5 Å². The number of hydrogen-bond acceptors (Lipinski definition) is 3. The minimum absolute atomic E-state index is 0. The zero-order valence-corrected chi connectivity index (χ0v) is 20.4. The fourth-order valence-corrected chi connectivity index (χ4v) is 4.28. The molecule has 2 N–H and O–H groups in total. The van der Waals surface area contributed by atoms with E-state index in [0.29, 0.717) is 38.2 Å². The van der Waals surface area contributed by atoms with Gasteiger partial charge in [-0.2, -0.15) is 0 Å². The van der Waals surface area contributed by atoms with E-state index in [1.54, 1.807) is 6.07 Å². The van der Waals surface area contributed by atoms with E-state index in [1.165, 1.54) is 11.1 Å². The lowest BCUT2D eigenvalue weighted by atomic mass is 10.0. The molecule has 0 saturated carbocycles. The van der Waals surface area contributed by atoms with E-state index in [2.05, 4.69) is 41.4 Å². The van der Waals surface area contributed by atoms with Crippen LogP contribution in [0.2, 0.25) is 0 Å². The number of nitrogens with one attached hydrogen (secondary N) is 1. The summed E-state index contributed by atoms with van der Waals surface area (Å²) in [7, 11) is 0. The third-order valence-electron chi connectivity index (χ3n) is 5.99. The van der Waals surface area contributed by atoms with E-state index in [1.807, 2.05) is 17.0 Å². The van der Waals surface area contributed by atoms with Crippen molar-refractivity contribution in [1.82, 2.24) is 10.2 Å². The summed E-state index contributed by atoms with van der Waals surface area (Å²) in [4.78, 5) is 9.08. The molecule has 0 bridgehead atoms. The van der Waals surface area contributed by atoms with Crippen LogP contribution >= 0.6 is 24.0 Å². The van der Waals surface area contributed by atoms with Gasteiger partial charge in [-0.3, -0.25) is 0 Å². The number of nitrogens with zero attached hydrogens (tertiary/aromatic N) is 3. The summed E-state index contributed by atoms with van der Waals surface area (Å²) in [5.74, 6) is 0.664. The fourth-order valence-electron chi connectivity index (χ4n) is 4.28. The van der Waals surface area contributed by atoms with Crippen LogP contribution in [0.5, 0.6) is 0 Å². The Morgan fingerprint density at radius 1 is 1.13 bits per heavy atom. The van der Waals surface area contributed by atoms with Crippen molar-refractivity contribution < 1.29 is 9.50 Å². The molecule has 0 aliphatic carbocycles. The molecule has 31 heavy (non-hydrogen) atoms. The number of aliphatic hydroxyl groups excluding tert-OH is 1. The second-order valence-corrected chi connectivity index (χ2v) is 8.11. The largest absolute Gasteiger partial charge is 0.393 e. The number of benzene rings is 2. The monoisotopic (exact) mass is 538 g/mol. The second-order valence-electron chi connectivity index (χ2n) is 8.11. The molecule has 2 aromatic rings. The number of piperidine rings is 1. The molecular formula is C24H32FIN4O. The molecule has 5 nitrogen and oxygen atoms in total. The first-order chi connectivity index (χ1) is 14.6. The van der Waals surface area contributed by atoms with E-state index in [9.17, 15) is 9.50 Å². The first kappa shape index (κ1) is 23.8. The van der Waals surface area contributed by atoms with Crippen molar-refractivity contribution in [1.29, 1.82) is 0 Å². The van der Waals surface area contributed by atoms with Crippen LogP contribution in [0.4, 0.5) is 10.1 Å². The number of guanidine groups is 1. The number of halogens is 2. The molecule has 0 unspecified atom stereocenters. The molecule has 7 heteroatoms. The SMILES string of the molecule is CCNC(=NCc1ccc(N2CCC(O)CC2)c(F)c1)N1CCc2ccccc2C1.I. The van der Waals surface area contributed by atoms with Gasteiger partial charge < -0.3 is 20.2 Å². The summed E-state index contributed by atoms with van der Waals surface area (Å²) in [6, 6.07) is 14.0. The lowest BCUT2D eigenvalue weighted by Gasteiger charge is -2.32. The van der Waals surface area contributed by atoms with E-state index in [0.717, 1.165) is 37.6 Å². The van der Waals surface area contributed by atoms with Crippen LogP contribution in [0, 0.1) is 5.82 Å². The van der Waals surface area contributed by atoms with E-state index in [-0.39, 0.29) is 35.9 Å². The summed E-state index contributed by atoms with van der Waals surface area (Å²) in [6.45, 7) is 6.46. The highest BCUT2D eigenvalue weighted by molar-refractivity contribution is 14.0. The van der Waals surface area contributed by atoms with Crippen LogP contribution in [0.15, 0.2) is 47.5 Å². The zero-order valence-electron chi connectivity index (χ0n) is 18.1. The third-order valence-corrected chi connectivity index (χ3v) is 5.99. The van der Waals surface area contributed by atoms with Crippen LogP contribution in [0.25, 0.3) is 0 Å². The van der Waals surface area contributed by atoms with Crippen molar-refractivity contribution in [2.45, 2.75) is 45.4 Å². The Morgan fingerprint density at radius 2 is 1.87 bits per heavy atom. The molecule has 0 amide bonds. The first-order valence-electron chi connectivity index (χ1n) is 11.0. The van der Waals surface area contributed by atoms with Gasteiger partial charge in [0.25, 0.3) is 0 Å². The summed E-state index contributed by atoms with van der Waals surface area (Å²) < 4.78 is 14.7. The smallest absolute Gasteiger partial charge is 0.194 e. The molecule has 0 spiro atoms. The average molecular weight is 538 g/mol. The zero-order chi connectivity index (χ0) is 20.9. The molecule has 1 fully saturated rings. The number of anilines is 1. The van der Waals surface area contributed by atoms with Gasteiger partial charge in [0.1, 0.15) is 5.82 Å². The fraction of sp³-hybridized carbons (Fsp3) is 0.458. The maximum absolute atomic E-state index is 14.7. The summed E-state index contributed by atoms with van der Waals surface area (Å²) in [6.07, 6.45) is 2.13. The van der Waals surface area contributed by atoms with Gasteiger partial charge in [-0.15, -0.1) is 24.0 Å². The Morgan fingerprint density at radius 3 is 2.58 bits per heavy atom. The maximum atomic E-state index is 14.7. The van der Waals surface area contributed by atoms with Crippen molar-refractivity contribution in [2.24, 2.45) is 4.99 Å². The Hall–Kier alpha value is -1.87. The van der Waals surface area contributed by atoms with Gasteiger partial charge in [0.15, 0.2) is 5.96 Å². The van der Waals surface area contributed by atoms with Crippen molar-refractivity contribution in [3.8, 4) is 0 Å². The summed E-state index contributed by atoms with van der Waals surface area (Å²) >= 11 is 0. The van der Waals surface area contributed by atoms with Crippen molar-refractivity contribution in [3.63, 3.8) is 0 Å². The van der Waals surface area contributed by atoms with Crippen molar-refractivity contribution in [2.75, 3.05) is 31.1 Å². The molecule has 0 atom stereocenters. The van der Waals surface area contributed by atoms with E-state index < -0.39 is 0 Å². The molecule has 4 rings (SSSR count). The lowest BCUT2D eigenvalue weighted by Crippen LogP contribution is -2.44. The molecule has 1 saturated heterocycles. The highest BCUT2D eigenvalue weighted by Gasteiger charge is 2.20. The first-order valence-corrected chi connectivity index (χ1v) is 11.0. The molecule has 168 valence electrons. The molecule has 0 radical (unpaired) electrons. The molecule has 0 aromatic heterocycles. The van der Waals surface area contributed by atoms with Crippen LogP contribution < -0.4 is 10.2 Å². The number of hydrogen-bond donors (Lipinski definition) is 2. The quantitative estimate of drug-likeness (QED) is 0.352. The molecule has 2 heterocycles. The Balaban J connectivity index is 0.00000272. The normalized spacial score (nSPS) is 17.2. The molecule has 2 aromatic carbocycles. The predicted molar refractivity (Wildman–Crippen MR) is 135 cm³/mol. The summed E-state index contributed by atoms with van der Waals surface area (Å²) in [5.41, 5.74) is 4.24. The van der Waals surface area contributed by atoms with Gasteiger partial charge in [0.2, 0.25) is 0 Å². The van der Waals surface area contributed by atoms with E-state index >= 15 is 0 Å². The number of aliphatic imine (C=N–C) groups is 1. The molecule has 2 aliphatic heterocycles. The number of fused-ring (bicyclic) bond motifs is 1. The third kappa shape index (κ3) is 5.88. The predicted octanol–water partition coefficient (Wildman–Crippen LogP) is 3.93. The van der Waals surface area contributed by atoms with Crippen molar-refractivity contribution in [3.05, 3.63) is 65.0 Å². The van der Waals surface area contributed by atoms with Gasteiger partial charge in [-0.25, -0.2) is 9.38 Å². The van der Waals surface area contributed by atoms with Crippen LogP contribution in [-0.4, -0.2) is 48.2 Å². The average Bonchev–Trinajstić information content (AvgIpc) is 2.77. The maximum Gasteiger partial charge on any atom is 0.194 e. The van der Waals surface area contributed by atoms with Gasteiger partial charge in [-0.05, 0) is 55.0 Å². The summed E-state index contributed by atoms with van der Waals surface area (Å²) in [5, 5.41) is 13.1. The van der Waals surface area contributed by atoms with E-state index in [4.69, 9.17) is 4.99 Å². The van der Waals surface area contributed by atoms with Gasteiger partial charge in [0, 0.05) is 32.7 Å². The topological polar surface area (TPSA) is 51.1 Å². The Kier molecular flexibility index (Phi) is 8.54. The number of rotatable bonds is 4. The van der Waals surface area contributed by atoms with Crippen molar-refractivity contribution >= 4 is 35.6 Å². The highest BCUT2D eigenvalue weighted by Crippen LogP contribution is 2.25. The number of aliphatic hydroxyl groups is 1. The molecule has 2 aliphatic rings. The van der Waals surface area contributed by atoms with Gasteiger partial charge >= 0.3 is 0 Å². The van der Waals surface area contributed by atoms with Crippen LogP contribution in [0.3, 0.4) is 0 Å². The van der Waals surface area contributed by atoms with Gasteiger partial charge in [0.05, 0.1) is 18.3 Å². The van der Waals surface area contributed by atoms with Crippen LogP contribution in [0.1, 0.15) is 36.5 Å². The Bertz CT molecular complexity index is 899.